The SMILES string of the molecule is Nc1cccc(Oc2ccc(C(=O)c3cccc(C(O)c4ccc(Oc5cccc(N)c5)cc4)c3)cc2)c1. The van der Waals surface area contributed by atoms with Gasteiger partial charge in [-0.3, -0.25) is 4.79 Å². The Morgan fingerprint density at radius 3 is 1.63 bits per heavy atom. The van der Waals surface area contributed by atoms with Crippen LogP contribution in [0.2, 0.25) is 0 Å². The van der Waals surface area contributed by atoms with E-state index in [1.807, 2.05) is 24.3 Å². The molecule has 188 valence electrons. The van der Waals surface area contributed by atoms with E-state index in [0.717, 1.165) is 0 Å². The molecule has 0 saturated heterocycles. The van der Waals surface area contributed by atoms with Crippen molar-refractivity contribution in [2.45, 2.75) is 6.10 Å². The number of nitrogens with two attached hydrogens (primary N) is 2. The van der Waals surface area contributed by atoms with Gasteiger partial charge in [0.25, 0.3) is 0 Å². The van der Waals surface area contributed by atoms with E-state index in [0.29, 0.717) is 56.6 Å². The molecule has 0 aliphatic carbocycles. The molecule has 5 N–H and O–H groups in total. The van der Waals surface area contributed by atoms with Crippen molar-refractivity contribution in [3.8, 4) is 23.0 Å². The molecule has 0 aliphatic rings. The third-order valence-electron chi connectivity index (χ3n) is 5.96. The zero-order chi connectivity index (χ0) is 26.5. The number of nitrogen functional groups attached to an aromatic ring is 2. The highest BCUT2D eigenvalue weighted by atomic mass is 16.5. The van der Waals surface area contributed by atoms with E-state index in [-0.39, 0.29) is 5.78 Å². The molecule has 0 amide bonds. The Morgan fingerprint density at radius 2 is 1.08 bits per heavy atom. The smallest absolute Gasteiger partial charge is 0.193 e. The molecule has 38 heavy (non-hydrogen) atoms. The second-order valence-electron chi connectivity index (χ2n) is 8.80. The summed E-state index contributed by atoms with van der Waals surface area (Å²) in [5.74, 6) is 2.32. The second-order valence-corrected chi connectivity index (χ2v) is 8.80. The Kier molecular flexibility index (Phi) is 7.06. The number of aliphatic hydroxyl groups is 1. The largest absolute Gasteiger partial charge is 0.457 e. The number of rotatable bonds is 8. The maximum absolute atomic E-state index is 13.1. The highest BCUT2D eigenvalue weighted by molar-refractivity contribution is 6.09. The molecule has 1 unspecified atom stereocenters. The fourth-order valence-corrected chi connectivity index (χ4v) is 4.03. The van der Waals surface area contributed by atoms with Crippen LogP contribution in [0.3, 0.4) is 0 Å². The average molecular weight is 503 g/mol. The number of carbonyl (C=O) groups excluding carboxylic acids is 1. The monoisotopic (exact) mass is 502 g/mol. The predicted molar refractivity (Wildman–Crippen MR) is 149 cm³/mol. The summed E-state index contributed by atoms with van der Waals surface area (Å²) in [6, 6.07) is 35.4. The first-order chi connectivity index (χ1) is 18.4. The van der Waals surface area contributed by atoms with Crippen LogP contribution >= 0.6 is 0 Å². The fraction of sp³-hybridized carbons (Fsp3) is 0.0312. The summed E-state index contributed by atoms with van der Waals surface area (Å²) in [6.07, 6.45) is -0.904. The van der Waals surface area contributed by atoms with Crippen LogP contribution in [0.4, 0.5) is 11.4 Å². The lowest BCUT2D eigenvalue weighted by molar-refractivity contribution is 0.103. The summed E-state index contributed by atoms with van der Waals surface area (Å²) >= 11 is 0. The van der Waals surface area contributed by atoms with Gasteiger partial charge in [-0.1, -0.05) is 42.5 Å². The van der Waals surface area contributed by atoms with Crippen LogP contribution in [-0.4, -0.2) is 10.9 Å². The predicted octanol–water partition coefficient (Wildman–Crippen LogP) is 6.75. The van der Waals surface area contributed by atoms with Crippen LogP contribution in [0.15, 0.2) is 121 Å². The van der Waals surface area contributed by atoms with Crippen LogP contribution < -0.4 is 20.9 Å². The van der Waals surface area contributed by atoms with Gasteiger partial charge in [-0.15, -0.1) is 0 Å². The summed E-state index contributed by atoms with van der Waals surface area (Å²) < 4.78 is 11.6. The van der Waals surface area contributed by atoms with E-state index in [2.05, 4.69) is 0 Å². The molecule has 0 heterocycles. The number of carbonyl (C=O) groups is 1. The molecular formula is C32H26N2O4. The molecule has 5 rings (SSSR count). The number of hydrogen-bond donors (Lipinski definition) is 3. The van der Waals surface area contributed by atoms with Crippen LogP contribution in [0, 0.1) is 0 Å². The number of hydrogen-bond acceptors (Lipinski definition) is 6. The van der Waals surface area contributed by atoms with E-state index < -0.39 is 6.10 Å². The lowest BCUT2D eigenvalue weighted by atomic mass is 9.96. The zero-order valence-corrected chi connectivity index (χ0v) is 20.5. The van der Waals surface area contributed by atoms with Gasteiger partial charge in [0.15, 0.2) is 5.78 Å². The van der Waals surface area contributed by atoms with Crippen molar-refractivity contribution < 1.29 is 19.4 Å². The molecule has 5 aromatic carbocycles. The van der Waals surface area contributed by atoms with Crippen molar-refractivity contribution in [2.75, 3.05) is 11.5 Å². The topological polar surface area (TPSA) is 108 Å². The maximum Gasteiger partial charge on any atom is 0.193 e. The lowest BCUT2D eigenvalue weighted by Gasteiger charge is -2.14. The van der Waals surface area contributed by atoms with Crippen LogP contribution in [0.5, 0.6) is 23.0 Å². The minimum Gasteiger partial charge on any atom is -0.457 e. The quantitative estimate of drug-likeness (QED) is 0.160. The standard InChI is InChI=1S/C32H26N2O4/c33-25-6-2-8-29(19-25)37-27-14-10-21(11-15-27)31(35)23-4-1-5-24(18-23)32(36)22-12-16-28(17-13-22)38-30-9-3-7-26(34)20-30/h1-20,31,35H,33-34H2. The van der Waals surface area contributed by atoms with Crippen molar-refractivity contribution in [2.24, 2.45) is 0 Å². The van der Waals surface area contributed by atoms with Crippen molar-refractivity contribution in [1.82, 2.24) is 0 Å². The van der Waals surface area contributed by atoms with Crippen LogP contribution in [0.1, 0.15) is 33.2 Å². The summed E-state index contributed by atoms with van der Waals surface area (Å²) in [7, 11) is 0. The molecule has 0 spiro atoms. The number of anilines is 2. The van der Waals surface area contributed by atoms with Gasteiger partial charge in [0, 0.05) is 34.6 Å². The molecule has 0 radical (unpaired) electrons. The Labute approximate surface area is 220 Å². The molecule has 6 nitrogen and oxygen atoms in total. The van der Waals surface area contributed by atoms with Crippen molar-refractivity contribution in [3.63, 3.8) is 0 Å². The first kappa shape index (κ1) is 24.6. The minimum atomic E-state index is -0.904. The summed E-state index contributed by atoms with van der Waals surface area (Å²) in [6.45, 7) is 0. The Bertz CT molecular complexity index is 1560. The minimum absolute atomic E-state index is 0.152. The first-order valence-corrected chi connectivity index (χ1v) is 12.0. The fourth-order valence-electron chi connectivity index (χ4n) is 4.03. The second kappa shape index (κ2) is 10.9. The van der Waals surface area contributed by atoms with E-state index in [4.69, 9.17) is 20.9 Å². The van der Waals surface area contributed by atoms with Crippen LogP contribution in [-0.2, 0) is 0 Å². The van der Waals surface area contributed by atoms with Crippen molar-refractivity contribution in [1.29, 1.82) is 0 Å². The first-order valence-electron chi connectivity index (χ1n) is 12.0. The zero-order valence-electron chi connectivity index (χ0n) is 20.5. The van der Waals surface area contributed by atoms with Gasteiger partial charge in [0.2, 0.25) is 0 Å². The van der Waals surface area contributed by atoms with Gasteiger partial charge in [-0.2, -0.15) is 0 Å². The summed E-state index contributed by atoms with van der Waals surface area (Å²) in [4.78, 5) is 13.1. The molecule has 6 heteroatoms. The van der Waals surface area contributed by atoms with E-state index in [9.17, 15) is 9.90 Å². The molecular weight excluding hydrogens is 476 g/mol. The Balaban J connectivity index is 1.27. The van der Waals surface area contributed by atoms with Gasteiger partial charge >= 0.3 is 0 Å². The van der Waals surface area contributed by atoms with Gasteiger partial charge in [-0.25, -0.2) is 0 Å². The molecule has 5 aromatic rings. The van der Waals surface area contributed by atoms with Gasteiger partial charge in [0.05, 0.1) is 0 Å². The van der Waals surface area contributed by atoms with E-state index in [1.165, 1.54) is 0 Å². The molecule has 0 aliphatic heterocycles. The van der Waals surface area contributed by atoms with Gasteiger partial charge < -0.3 is 26.0 Å². The maximum atomic E-state index is 13.1. The molecule has 0 fully saturated rings. The van der Waals surface area contributed by atoms with Crippen molar-refractivity contribution >= 4 is 17.2 Å². The Morgan fingerprint density at radius 1 is 0.553 bits per heavy atom. The third-order valence-corrected chi connectivity index (χ3v) is 5.96. The van der Waals surface area contributed by atoms with Gasteiger partial charge in [0.1, 0.15) is 29.1 Å². The number of ether oxygens (including phenoxy) is 2. The van der Waals surface area contributed by atoms with Gasteiger partial charge in [-0.05, 0) is 77.9 Å². The van der Waals surface area contributed by atoms with E-state index in [1.54, 1.807) is 97.1 Å². The molecule has 0 aromatic heterocycles. The normalized spacial score (nSPS) is 11.5. The average Bonchev–Trinajstić information content (AvgIpc) is 2.93. The van der Waals surface area contributed by atoms with E-state index >= 15 is 0 Å². The molecule has 0 saturated carbocycles. The summed E-state index contributed by atoms with van der Waals surface area (Å²) in [5.41, 5.74) is 15.1. The van der Waals surface area contributed by atoms with Crippen molar-refractivity contribution in [3.05, 3.63) is 144 Å². The van der Waals surface area contributed by atoms with Crippen LogP contribution in [0.25, 0.3) is 0 Å². The molecule has 1 atom stereocenters. The highest BCUT2D eigenvalue weighted by Crippen LogP contribution is 2.29. The summed E-state index contributed by atoms with van der Waals surface area (Å²) in [5, 5.41) is 11.0. The number of ketones is 1. The third kappa shape index (κ3) is 5.83. The highest BCUT2D eigenvalue weighted by Gasteiger charge is 2.15. The molecule has 0 bridgehead atoms. The lowest BCUT2D eigenvalue weighted by Crippen LogP contribution is -2.05. The number of benzene rings is 5. The Hall–Kier alpha value is -5.07. The number of aliphatic hydroxyl groups excluding tert-OH is 1.